The van der Waals surface area contributed by atoms with Gasteiger partial charge in [-0.05, 0) is 46.0 Å². The van der Waals surface area contributed by atoms with E-state index in [9.17, 15) is 0 Å². The molecule has 18 heavy (non-hydrogen) atoms. The number of unbranched alkanes of at least 4 members (excludes halogenated alkanes) is 1. The van der Waals surface area contributed by atoms with Crippen LogP contribution in [0, 0.1) is 5.92 Å². The predicted molar refractivity (Wildman–Crippen MR) is 85.6 cm³/mol. The number of halogens is 2. The third-order valence-corrected chi connectivity index (χ3v) is 4.44. The van der Waals surface area contributed by atoms with Crippen LogP contribution in [-0.4, -0.2) is 6.61 Å². The average molecular weight is 378 g/mol. The molecule has 0 bridgehead atoms. The molecule has 0 N–H and O–H groups in total. The number of ether oxygens (including phenoxy) is 1. The van der Waals surface area contributed by atoms with E-state index in [2.05, 4.69) is 57.8 Å². The second-order valence-electron chi connectivity index (χ2n) is 4.63. The summed E-state index contributed by atoms with van der Waals surface area (Å²) in [5.41, 5.74) is 1.26. The smallest absolute Gasteiger partial charge is 0.133 e. The Morgan fingerprint density at radius 1 is 1.28 bits per heavy atom. The molecular formula is C15H22Br2O. The van der Waals surface area contributed by atoms with Crippen molar-refractivity contribution in [2.45, 2.75) is 44.9 Å². The lowest BCUT2D eigenvalue weighted by Crippen LogP contribution is -2.11. The highest BCUT2D eigenvalue weighted by Gasteiger charge is 2.08. The molecule has 0 spiro atoms. The van der Waals surface area contributed by atoms with Crippen molar-refractivity contribution in [2.75, 3.05) is 6.61 Å². The lowest BCUT2D eigenvalue weighted by atomic mass is 10.0. The van der Waals surface area contributed by atoms with Crippen LogP contribution in [0.2, 0.25) is 0 Å². The minimum absolute atomic E-state index is 0.674. The number of hydrogen-bond donors (Lipinski definition) is 0. The van der Waals surface area contributed by atoms with Crippen LogP contribution in [0.5, 0.6) is 5.75 Å². The van der Waals surface area contributed by atoms with Crippen molar-refractivity contribution in [1.82, 2.24) is 0 Å². The second kappa shape index (κ2) is 8.98. The SMILES string of the molecule is CCCCC(CC)COc1ccc(CBr)cc1Br. The summed E-state index contributed by atoms with van der Waals surface area (Å²) < 4.78 is 6.97. The molecular weight excluding hydrogens is 356 g/mol. The van der Waals surface area contributed by atoms with E-state index in [1.165, 1.54) is 31.2 Å². The first-order valence-corrected chi connectivity index (χ1v) is 8.59. The van der Waals surface area contributed by atoms with Crippen molar-refractivity contribution in [1.29, 1.82) is 0 Å². The first-order valence-electron chi connectivity index (χ1n) is 6.68. The fraction of sp³-hybridized carbons (Fsp3) is 0.600. The van der Waals surface area contributed by atoms with Crippen molar-refractivity contribution in [3.05, 3.63) is 28.2 Å². The quantitative estimate of drug-likeness (QED) is 0.509. The average Bonchev–Trinajstić information content (AvgIpc) is 2.40. The summed E-state index contributed by atoms with van der Waals surface area (Å²) in [7, 11) is 0. The van der Waals surface area contributed by atoms with Crippen molar-refractivity contribution in [3.8, 4) is 5.75 Å². The van der Waals surface area contributed by atoms with E-state index in [4.69, 9.17) is 4.74 Å². The highest BCUT2D eigenvalue weighted by molar-refractivity contribution is 9.10. The lowest BCUT2D eigenvalue weighted by molar-refractivity contribution is 0.232. The number of hydrogen-bond acceptors (Lipinski definition) is 1. The van der Waals surface area contributed by atoms with Gasteiger partial charge in [-0.2, -0.15) is 0 Å². The van der Waals surface area contributed by atoms with Crippen LogP contribution in [0.3, 0.4) is 0 Å². The maximum absolute atomic E-state index is 5.92. The van der Waals surface area contributed by atoms with E-state index in [0.717, 1.165) is 22.2 Å². The zero-order chi connectivity index (χ0) is 13.4. The highest BCUT2D eigenvalue weighted by atomic mass is 79.9. The summed E-state index contributed by atoms with van der Waals surface area (Å²) in [4.78, 5) is 0. The number of rotatable bonds is 8. The predicted octanol–water partition coefficient (Wildman–Crippen LogP) is 5.94. The van der Waals surface area contributed by atoms with Gasteiger partial charge in [0.05, 0.1) is 11.1 Å². The van der Waals surface area contributed by atoms with E-state index in [-0.39, 0.29) is 0 Å². The lowest BCUT2D eigenvalue weighted by Gasteiger charge is -2.16. The van der Waals surface area contributed by atoms with Gasteiger partial charge in [0.1, 0.15) is 5.75 Å². The van der Waals surface area contributed by atoms with Gasteiger partial charge < -0.3 is 4.74 Å². The van der Waals surface area contributed by atoms with Crippen molar-refractivity contribution < 1.29 is 4.74 Å². The maximum atomic E-state index is 5.92. The molecule has 1 aromatic rings. The van der Waals surface area contributed by atoms with Crippen molar-refractivity contribution in [3.63, 3.8) is 0 Å². The molecule has 0 amide bonds. The van der Waals surface area contributed by atoms with E-state index in [0.29, 0.717) is 5.92 Å². The second-order valence-corrected chi connectivity index (χ2v) is 6.04. The first-order chi connectivity index (χ1) is 8.71. The molecule has 102 valence electrons. The number of benzene rings is 1. The van der Waals surface area contributed by atoms with Gasteiger partial charge in [0, 0.05) is 5.33 Å². The van der Waals surface area contributed by atoms with Gasteiger partial charge in [-0.1, -0.05) is 55.1 Å². The van der Waals surface area contributed by atoms with Crippen LogP contribution in [0.4, 0.5) is 0 Å². The minimum Gasteiger partial charge on any atom is -0.492 e. The Hall–Kier alpha value is -0.0200. The summed E-state index contributed by atoms with van der Waals surface area (Å²) in [5.74, 6) is 1.63. The van der Waals surface area contributed by atoms with Gasteiger partial charge in [-0.15, -0.1) is 0 Å². The Morgan fingerprint density at radius 3 is 2.61 bits per heavy atom. The molecule has 1 nitrogen and oxygen atoms in total. The monoisotopic (exact) mass is 376 g/mol. The number of alkyl halides is 1. The van der Waals surface area contributed by atoms with Crippen LogP contribution < -0.4 is 4.74 Å². The molecule has 0 aliphatic carbocycles. The van der Waals surface area contributed by atoms with Crippen LogP contribution in [0.15, 0.2) is 22.7 Å². The first kappa shape index (κ1) is 16.0. The highest BCUT2D eigenvalue weighted by Crippen LogP contribution is 2.28. The zero-order valence-electron chi connectivity index (χ0n) is 11.2. The molecule has 0 aliphatic rings. The fourth-order valence-electron chi connectivity index (χ4n) is 1.85. The molecule has 1 rings (SSSR count). The molecule has 0 aliphatic heterocycles. The zero-order valence-corrected chi connectivity index (χ0v) is 14.4. The minimum atomic E-state index is 0.674. The molecule has 1 aromatic carbocycles. The van der Waals surface area contributed by atoms with Gasteiger partial charge in [0.15, 0.2) is 0 Å². The topological polar surface area (TPSA) is 9.23 Å². The van der Waals surface area contributed by atoms with Gasteiger partial charge in [0.2, 0.25) is 0 Å². The van der Waals surface area contributed by atoms with E-state index >= 15 is 0 Å². The molecule has 0 saturated heterocycles. The summed E-state index contributed by atoms with van der Waals surface area (Å²) in [5, 5.41) is 0.875. The molecule has 0 saturated carbocycles. The van der Waals surface area contributed by atoms with E-state index < -0.39 is 0 Å². The summed E-state index contributed by atoms with van der Waals surface area (Å²) >= 11 is 7.02. The summed E-state index contributed by atoms with van der Waals surface area (Å²) in [6, 6.07) is 6.26. The van der Waals surface area contributed by atoms with Crippen LogP contribution in [0.1, 0.15) is 45.1 Å². The normalized spacial score (nSPS) is 12.4. The molecule has 3 heteroatoms. The molecule has 0 radical (unpaired) electrons. The summed E-state index contributed by atoms with van der Waals surface area (Å²) in [6.45, 7) is 5.30. The summed E-state index contributed by atoms with van der Waals surface area (Å²) in [6.07, 6.45) is 5.02. The Kier molecular flexibility index (Phi) is 8.00. The van der Waals surface area contributed by atoms with Crippen molar-refractivity contribution in [2.24, 2.45) is 5.92 Å². The fourth-order valence-corrected chi connectivity index (χ4v) is 2.74. The van der Waals surface area contributed by atoms with Gasteiger partial charge >= 0.3 is 0 Å². The standard InChI is InChI=1S/C15H22Br2O/c1-3-5-6-12(4-2)11-18-15-8-7-13(10-16)9-14(15)17/h7-9,12H,3-6,10-11H2,1-2H3. The van der Waals surface area contributed by atoms with E-state index in [1.807, 2.05) is 6.07 Å². The van der Waals surface area contributed by atoms with Gasteiger partial charge in [-0.25, -0.2) is 0 Å². The Balaban J connectivity index is 2.51. The van der Waals surface area contributed by atoms with Crippen LogP contribution in [0.25, 0.3) is 0 Å². The molecule has 0 aromatic heterocycles. The largest absolute Gasteiger partial charge is 0.492 e. The van der Waals surface area contributed by atoms with Crippen molar-refractivity contribution >= 4 is 31.9 Å². The third kappa shape index (κ3) is 5.31. The Labute approximate surface area is 128 Å². The maximum Gasteiger partial charge on any atom is 0.133 e. The molecule has 1 unspecified atom stereocenters. The molecule has 0 fully saturated rings. The molecule has 0 heterocycles. The van der Waals surface area contributed by atoms with E-state index in [1.54, 1.807) is 0 Å². The molecule has 1 atom stereocenters. The van der Waals surface area contributed by atoms with Gasteiger partial charge in [0.25, 0.3) is 0 Å². The Morgan fingerprint density at radius 2 is 2.06 bits per heavy atom. The van der Waals surface area contributed by atoms with Crippen LogP contribution >= 0.6 is 31.9 Å². The third-order valence-electron chi connectivity index (χ3n) is 3.17. The van der Waals surface area contributed by atoms with Crippen LogP contribution in [-0.2, 0) is 5.33 Å². The van der Waals surface area contributed by atoms with Gasteiger partial charge in [-0.3, -0.25) is 0 Å². The Bertz CT molecular complexity index is 352.